The van der Waals surface area contributed by atoms with Gasteiger partial charge in [0.25, 0.3) is 0 Å². The monoisotopic (exact) mass is 561 g/mol. The maximum Gasteiger partial charge on any atom is 0.236 e. The second kappa shape index (κ2) is 8.47. The van der Waals surface area contributed by atoms with Gasteiger partial charge in [-0.05, 0) is 79.8 Å². The van der Waals surface area contributed by atoms with Crippen molar-refractivity contribution in [3.05, 3.63) is 86.8 Å². The van der Waals surface area contributed by atoms with E-state index in [-0.39, 0.29) is 5.91 Å². The molecule has 33 heavy (non-hydrogen) atoms. The fraction of sp³-hybridized carbons (Fsp3) is 0.167. The molecule has 3 atom stereocenters. The van der Waals surface area contributed by atoms with Crippen LogP contribution in [0.1, 0.15) is 18.5 Å². The topological polar surface area (TPSA) is 53.6 Å². The summed E-state index contributed by atoms with van der Waals surface area (Å²) in [5.41, 5.74) is 1.11. The lowest BCUT2D eigenvalue weighted by Gasteiger charge is -2.56. The van der Waals surface area contributed by atoms with Crippen LogP contribution < -0.4 is 20.3 Å². The molecule has 0 unspecified atom stereocenters. The number of hydrogen-bond donors (Lipinski definition) is 2. The van der Waals surface area contributed by atoms with E-state index in [4.69, 9.17) is 40.2 Å². The van der Waals surface area contributed by atoms with Gasteiger partial charge in [-0.3, -0.25) is 9.69 Å². The number of ether oxygens (including phenoxy) is 1. The molecule has 5 rings (SSSR count). The Balaban J connectivity index is 1.63. The summed E-state index contributed by atoms with van der Waals surface area (Å²) in [6.07, 6.45) is 0. The Morgan fingerprint density at radius 1 is 1.12 bits per heavy atom. The lowest BCUT2D eigenvalue weighted by atomic mass is 9.78. The zero-order chi connectivity index (χ0) is 23.3. The molecule has 0 radical (unpaired) electrons. The Hall–Kier alpha value is -2.32. The minimum Gasteiger partial charge on any atom is -0.467 e. The van der Waals surface area contributed by atoms with Crippen LogP contribution >= 0.6 is 51.3 Å². The zero-order valence-electron chi connectivity index (χ0n) is 17.3. The van der Waals surface area contributed by atoms with Crippen LogP contribution in [0, 0.1) is 5.92 Å². The molecule has 2 N–H and O–H groups in total. The van der Waals surface area contributed by atoms with Gasteiger partial charge in [0.1, 0.15) is 11.7 Å². The van der Waals surface area contributed by atoms with E-state index in [1.165, 1.54) is 0 Å². The molecule has 168 valence electrons. The first-order valence-corrected chi connectivity index (χ1v) is 12.1. The molecule has 0 spiro atoms. The molecule has 1 saturated heterocycles. The molecular formula is C24H18BrCl2N3O2S. The minimum atomic E-state index is -1.11. The lowest BCUT2D eigenvalue weighted by molar-refractivity contribution is -0.130. The number of nitrogens with one attached hydrogen (secondary N) is 2. The molecule has 0 saturated carbocycles. The van der Waals surface area contributed by atoms with Gasteiger partial charge in [0.15, 0.2) is 10.8 Å². The van der Waals surface area contributed by atoms with Gasteiger partial charge >= 0.3 is 0 Å². The molecule has 0 aliphatic carbocycles. The molecule has 1 amide bonds. The lowest BCUT2D eigenvalue weighted by Crippen LogP contribution is -2.72. The standard InChI is InChI=1S/C24H18BrCl2N3O2S/c1-24-20(22(31)28-16-8-5-14(26)6-9-16)21(18-12-15(27)7-10-19(18)32-24)29-23(33)30(24)17-4-2-3-13(25)11-17/h2-12,20-21H,1H3,(H,28,31)(H,29,33)/t20-,21-,24+/m1/s1. The molecule has 9 heteroatoms. The van der Waals surface area contributed by atoms with Crippen molar-refractivity contribution in [2.75, 3.05) is 10.2 Å². The number of fused-ring (bicyclic) bond motifs is 4. The van der Waals surface area contributed by atoms with Crippen molar-refractivity contribution in [2.45, 2.75) is 18.7 Å². The van der Waals surface area contributed by atoms with Gasteiger partial charge < -0.3 is 15.4 Å². The molecule has 3 aromatic rings. The van der Waals surface area contributed by atoms with Crippen LogP contribution in [0.5, 0.6) is 5.75 Å². The first-order valence-electron chi connectivity index (χ1n) is 10.2. The normalized spacial score (nSPS) is 23.3. The van der Waals surface area contributed by atoms with Crippen LogP contribution in [0.4, 0.5) is 11.4 Å². The van der Waals surface area contributed by atoms with Crippen molar-refractivity contribution in [2.24, 2.45) is 5.92 Å². The number of benzene rings is 3. The van der Waals surface area contributed by atoms with Crippen molar-refractivity contribution < 1.29 is 9.53 Å². The second-order valence-corrected chi connectivity index (χ2v) is 10.2. The van der Waals surface area contributed by atoms with Crippen LogP contribution in [0.3, 0.4) is 0 Å². The number of rotatable bonds is 3. The summed E-state index contributed by atoms with van der Waals surface area (Å²) in [7, 11) is 0. The van der Waals surface area contributed by atoms with Gasteiger partial charge in [-0.15, -0.1) is 0 Å². The van der Waals surface area contributed by atoms with Crippen LogP contribution in [0.15, 0.2) is 71.2 Å². The molecule has 1 fully saturated rings. The van der Waals surface area contributed by atoms with Gasteiger partial charge in [0.2, 0.25) is 5.91 Å². The molecule has 2 aliphatic heterocycles. The maximum atomic E-state index is 13.7. The number of carbonyl (C=O) groups is 1. The zero-order valence-corrected chi connectivity index (χ0v) is 21.2. The van der Waals surface area contributed by atoms with Crippen molar-refractivity contribution in [3.63, 3.8) is 0 Å². The Morgan fingerprint density at radius 3 is 2.58 bits per heavy atom. The molecule has 0 aromatic heterocycles. The highest BCUT2D eigenvalue weighted by Gasteiger charge is 2.59. The number of halogens is 3. The van der Waals surface area contributed by atoms with E-state index < -0.39 is 17.7 Å². The van der Waals surface area contributed by atoms with Gasteiger partial charge in [0, 0.05) is 31.5 Å². The number of hydrogen-bond acceptors (Lipinski definition) is 3. The van der Waals surface area contributed by atoms with E-state index in [0.29, 0.717) is 26.6 Å². The van der Waals surface area contributed by atoms with Crippen molar-refractivity contribution in [3.8, 4) is 5.75 Å². The Kier molecular flexibility index (Phi) is 5.77. The Bertz CT molecular complexity index is 1270. The number of thiocarbonyl (C=S) groups is 1. The third-order valence-electron chi connectivity index (χ3n) is 5.92. The molecule has 2 aliphatic rings. The summed E-state index contributed by atoms with van der Waals surface area (Å²) in [5, 5.41) is 7.99. The van der Waals surface area contributed by atoms with Crippen LogP contribution in [0.2, 0.25) is 10.0 Å². The van der Waals surface area contributed by atoms with E-state index >= 15 is 0 Å². The van der Waals surface area contributed by atoms with E-state index in [2.05, 4.69) is 26.6 Å². The summed E-state index contributed by atoms with van der Waals surface area (Å²) < 4.78 is 7.44. The smallest absolute Gasteiger partial charge is 0.236 e. The SMILES string of the molecule is C[C@@]12Oc3ccc(Cl)cc3[C@@H](NC(=S)N1c1cccc(Br)c1)[C@@H]2C(=O)Nc1ccc(Cl)cc1. The Labute approximate surface area is 215 Å². The molecular weight excluding hydrogens is 545 g/mol. The number of carbonyl (C=O) groups excluding carboxylic acids is 1. The van der Waals surface area contributed by atoms with Gasteiger partial charge in [-0.2, -0.15) is 0 Å². The number of anilines is 2. The molecule has 5 nitrogen and oxygen atoms in total. The predicted molar refractivity (Wildman–Crippen MR) is 139 cm³/mol. The number of amides is 1. The van der Waals surface area contributed by atoms with Gasteiger partial charge in [-0.1, -0.05) is 45.2 Å². The third-order valence-corrected chi connectivity index (χ3v) is 7.20. The van der Waals surface area contributed by atoms with E-state index in [1.54, 1.807) is 30.3 Å². The largest absolute Gasteiger partial charge is 0.467 e. The van der Waals surface area contributed by atoms with Crippen molar-refractivity contribution in [1.82, 2.24) is 5.32 Å². The van der Waals surface area contributed by atoms with Crippen LogP contribution in [0.25, 0.3) is 0 Å². The van der Waals surface area contributed by atoms with Crippen molar-refractivity contribution in [1.29, 1.82) is 0 Å². The highest BCUT2D eigenvalue weighted by atomic mass is 79.9. The van der Waals surface area contributed by atoms with E-state index in [9.17, 15) is 4.79 Å². The highest BCUT2D eigenvalue weighted by Crippen LogP contribution is 2.50. The molecule has 2 heterocycles. The second-order valence-electron chi connectivity index (χ2n) is 8.06. The Morgan fingerprint density at radius 2 is 1.85 bits per heavy atom. The molecule has 3 aromatic carbocycles. The first-order chi connectivity index (χ1) is 15.8. The summed E-state index contributed by atoms with van der Waals surface area (Å²) in [4.78, 5) is 15.6. The third kappa shape index (κ3) is 3.97. The first kappa shape index (κ1) is 22.5. The van der Waals surface area contributed by atoms with Crippen LogP contribution in [-0.2, 0) is 4.79 Å². The van der Waals surface area contributed by atoms with Crippen LogP contribution in [-0.4, -0.2) is 16.7 Å². The predicted octanol–water partition coefficient (Wildman–Crippen LogP) is 6.56. The van der Waals surface area contributed by atoms with E-state index in [0.717, 1.165) is 15.7 Å². The highest BCUT2D eigenvalue weighted by molar-refractivity contribution is 9.10. The fourth-order valence-corrected chi connectivity index (χ4v) is 5.62. The summed E-state index contributed by atoms with van der Waals surface area (Å²) in [6, 6.07) is 19.7. The number of nitrogens with zero attached hydrogens (tertiary/aromatic N) is 1. The quantitative estimate of drug-likeness (QED) is 0.354. The minimum absolute atomic E-state index is 0.217. The fourth-order valence-electron chi connectivity index (χ4n) is 4.51. The van der Waals surface area contributed by atoms with E-state index in [1.807, 2.05) is 48.2 Å². The van der Waals surface area contributed by atoms with Gasteiger partial charge in [0.05, 0.1) is 6.04 Å². The molecule has 2 bridgehead atoms. The average molecular weight is 563 g/mol. The average Bonchev–Trinajstić information content (AvgIpc) is 2.75. The summed E-state index contributed by atoms with van der Waals surface area (Å²) in [6.45, 7) is 1.89. The maximum absolute atomic E-state index is 13.7. The van der Waals surface area contributed by atoms with Gasteiger partial charge in [-0.25, -0.2) is 0 Å². The van der Waals surface area contributed by atoms with Crippen molar-refractivity contribution >= 4 is 73.7 Å². The summed E-state index contributed by atoms with van der Waals surface area (Å²) in [5.74, 6) is -0.229. The summed E-state index contributed by atoms with van der Waals surface area (Å²) >= 11 is 21.6.